The number of anilines is 1. The highest BCUT2D eigenvalue weighted by Crippen LogP contribution is 2.12. The average molecular weight is 287 g/mol. The molecule has 0 aliphatic heterocycles. The van der Waals surface area contributed by atoms with Gasteiger partial charge in [-0.3, -0.25) is 4.79 Å². The van der Waals surface area contributed by atoms with Crippen molar-refractivity contribution in [1.82, 2.24) is 5.32 Å². The number of hydrogen-bond donors (Lipinski definition) is 2. The summed E-state index contributed by atoms with van der Waals surface area (Å²) in [5.74, 6) is -0.654. The number of halogens is 1. The van der Waals surface area contributed by atoms with E-state index in [0.717, 1.165) is 5.56 Å². The molecule has 0 aromatic heterocycles. The predicted octanol–water partition coefficient (Wildman–Crippen LogP) is 1.30. The minimum absolute atomic E-state index is 0. The van der Waals surface area contributed by atoms with E-state index in [1.54, 1.807) is 13.0 Å². The first kappa shape index (κ1) is 17.2. The fourth-order valence-electron chi connectivity index (χ4n) is 1.56. The van der Waals surface area contributed by atoms with Gasteiger partial charge in [-0.1, -0.05) is 18.2 Å². The van der Waals surface area contributed by atoms with Crippen molar-refractivity contribution in [3.8, 4) is 0 Å². The Morgan fingerprint density at radius 1 is 1.37 bits per heavy atom. The quantitative estimate of drug-likeness (QED) is 0.631. The molecule has 0 bridgehead atoms. The second-order valence-corrected chi connectivity index (χ2v) is 4.01. The van der Waals surface area contributed by atoms with Crippen LogP contribution in [0.25, 0.3) is 0 Å². The molecule has 0 saturated heterocycles. The fraction of sp³-hybridized carbons (Fsp3) is 0.385. The van der Waals surface area contributed by atoms with Crippen molar-refractivity contribution in [2.24, 2.45) is 0 Å². The summed E-state index contributed by atoms with van der Waals surface area (Å²) in [6, 6.07) is 6.77. The van der Waals surface area contributed by atoms with E-state index >= 15 is 0 Å². The number of methoxy groups -OCH3 is 1. The Labute approximate surface area is 118 Å². The van der Waals surface area contributed by atoms with E-state index < -0.39 is 12.0 Å². The van der Waals surface area contributed by atoms with Crippen molar-refractivity contribution in [3.63, 3.8) is 0 Å². The number of nitrogen functional groups attached to an aromatic ring is 1. The predicted molar refractivity (Wildman–Crippen MR) is 76.0 cm³/mol. The van der Waals surface area contributed by atoms with Gasteiger partial charge in [-0.2, -0.15) is 0 Å². The molecule has 5 nitrogen and oxygen atoms in total. The number of carbonyl (C=O) groups excluding carboxylic acids is 2. The van der Waals surface area contributed by atoms with Gasteiger partial charge in [0.25, 0.3) is 0 Å². The van der Waals surface area contributed by atoms with Crippen LogP contribution in [0.3, 0.4) is 0 Å². The molecule has 1 aromatic rings. The maximum Gasteiger partial charge on any atom is 0.328 e. The van der Waals surface area contributed by atoms with E-state index in [2.05, 4.69) is 10.1 Å². The summed E-state index contributed by atoms with van der Waals surface area (Å²) in [5.41, 5.74) is 7.37. The topological polar surface area (TPSA) is 81.4 Å². The highest BCUT2D eigenvalue weighted by atomic mass is 35.5. The van der Waals surface area contributed by atoms with Crippen LogP contribution in [0.4, 0.5) is 5.69 Å². The minimum Gasteiger partial charge on any atom is -0.467 e. The monoisotopic (exact) mass is 286 g/mol. The molecule has 6 heteroatoms. The largest absolute Gasteiger partial charge is 0.467 e. The van der Waals surface area contributed by atoms with Crippen LogP contribution < -0.4 is 11.1 Å². The second-order valence-electron chi connectivity index (χ2n) is 4.01. The van der Waals surface area contributed by atoms with Crippen LogP contribution in [0.5, 0.6) is 0 Å². The number of hydrogen-bond acceptors (Lipinski definition) is 4. The Kier molecular flexibility index (Phi) is 7.60. The van der Waals surface area contributed by atoms with Crippen LogP contribution >= 0.6 is 12.4 Å². The molecule has 3 N–H and O–H groups in total. The maximum absolute atomic E-state index is 11.6. The molecule has 1 rings (SSSR count). The molecule has 1 atom stereocenters. The van der Waals surface area contributed by atoms with Crippen molar-refractivity contribution >= 4 is 30.0 Å². The van der Waals surface area contributed by atoms with Crippen LogP contribution in [0.1, 0.15) is 18.9 Å². The van der Waals surface area contributed by atoms with Gasteiger partial charge in [0.15, 0.2) is 0 Å². The second kappa shape index (κ2) is 8.37. The molecule has 0 aliphatic carbocycles. The van der Waals surface area contributed by atoms with Crippen LogP contribution in [-0.4, -0.2) is 25.0 Å². The zero-order valence-electron chi connectivity index (χ0n) is 11.0. The average Bonchev–Trinajstić information content (AvgIpc) is 2.36. The molecule has 0 spiro atoms. The molecule has 19 heavy (non-hydrogen) atoms. The summed E-state index contributed by atoms with van der Waals surface area (Å²) < 4.78 is 4.52. The zero-order valence-corrected chi connectivity index (χ0v) is 11.8. The molecule has 0 saturated carbocycles. The lowest BCUT2D eigenvalue weighted by Crippen LogP contribution is -2.39. The summed E-state index contributed by atoms with van der Waals surface area (Å²) in [4.78, 5) is 22.7. The molecular weight excluding hydrogens is 268 g/mol. The molecule has 0 fully saturated rings. The van der Waals surface area contributed by atoms with Gasteiger partial charge < -0.3 is 15.8 Å². The van der Waals surface area contributed by atoms with Crippen molar-refractivity contribution in [2.45, 2.75) is 25.8 Å². The molecular formula is C13H19ClN2O3. The van der Waals surface area contributed by atoms with Crippen LogP contribution in [0, 0.1) is 0 Å². The van der Waals surface area contributed by atoms with E-state index in [0.29, 0.717) is 12.1 Å². The van der Waals surface area contributed by atoms with E-state index in [4.69, 9.17) is 5.73 Å². The molecule has 1 amide bonds. The number of nitrogens with one attached hydrogen (secondary N) is 1. The van der Waals surface area contributed by atoms with Crippen molar-refractivity contribution in [3.05, 3.63) is 29.8 Å². The first-order chi connectivity index (χ1) is 8.54. The van der Waals surface area contributed by atoms with Crippen molar-refractivity contribution in [1.29, 1.82) is 0 Å². The minimum atomic E-state index is -0.629. The maximum atomic E-state index is 11.6. The van der Waals surface area contributed by atoms with E-state index in [1.807, 2.05) is 18.2 Å². The van der Waals surface area contributed by atoms with Gasteiger partial charge in [0, 0.05) is 12.1 Å². The Bertz CT molecular complexity index is 438. The van der Waals surface area contributed by atoms with E-state index in [-0.39, 0.29) is 24.7 Å². The Morgan fingerprint density at radius 3 is 2.58 bits per heavy atom. The Hall–Kier alpha value is -1.75. The third kappa shape index (κ3) is 5.61. The number of rotatable bonds is 5. The summed E-state index contributed by atoms with van der Waals surface area (Å²) >= 11 is 0. The number of carbonyl (C=O) groups is 2. The van der Waals surface area contributed by atoms with E-state index in [9.17, 15) is 9.59 Å². The van der Waals surface area contributed by atoms with Gasteiger partial charge in [0.2, 0.25) is 5.91 Å². The number of ether oxygens (including phenoxy) is 1. The number of aryl methyl sites for hydroxylation is 1. The van der Waals surface area contributed by atoms with Crippen molar-refractivity contribution in [2.75, 3.05) is 12.8 Å². The number of benzene rings is 1. The van der Waals surface area contributed by atoms with Crippen LogP contribution in [0.15, 0.2) is 24.3 Å². The normalized spacial score (nSPS) is 11.1. The Balaban J connectivity index is 0.00000324. The highest BCUT2D eigenvalue weighted by Gasteiger charge is 2.15. The lowest BCUT2D eigenvalue weighted by molar-refractivity contribution is -0.144. The first-order valence-corrected chi connectivity index (χ1v) is 5.75. The summed E-state index contributed by atoms with van der Waals surface area (Å²) in [5, 5.41) is 2.57. The summed E-state index contributed by atoms with van der Waals surface area (Å²) in [6.45, 7) is 1.58. The zero-order chi connectivity index (χ0) is 13.5. The smallest absolute Gasteiger partial charge is 0.328 e. The van der Waals surface area contributed by atoms with Gasteiger partial charge in [-0.25, -0.2) is 4.79 Å². The summed E-state index contributed by atoms with van der Waals surface area (Å²) in [6.07, 6.45) is 0.835. The van der Waals surface area contributed by atoms with Gasteiger partial charge >= 0.3 is 5.97 Å². The highest BCUT2D eigenvalue weighted by molar-refractivity contribution is 5.85. The van der Waals surface area contributed by atoms with Crippen molar-refractivity contribution < 1.29 is 14.3 Å². The number of para-hydroxylation sites is 1. The third-order valence-corrected chi connectivity index (χ3v) is 2.61. The van der Waals surface area contributed by atoms with Crippen LogP contribution in [0.2, 0.25) is 0 Å². The molecule has 106 valence electrons. The lowest BCUT2D eigenvalue weighted by Gasteiger charge is -2.11. The molecule has 0 heterocycles. The number of nitrogens with two attached hydrogens (primary N) is 1. The van der Waals surface area contributed by atoms with E-state index in [1.165, 1.54) is 7.11 Å². The molecule has 0 aliphatic rings. The van der Waals surface area contributed by atoms with Gasteiger partial charge in [0.05, 0.1) is 7.11 Å². The first-order valence-electron chi connectivity index (χ1n) is 5.75. The molecule has 1 unspecified atom stereocenters. The molecule has 1 aromatic carbocycles. The lowest BCUT2D eigenvalue weighted by atomic mass is 10.1. The fourth-order valence-corrected chi connectivity index (χ4v) is 1.56. The standard InChI is InChI=1S/C13H18N2O3.ClH/c1-9(13(17)18-2)15-12(16)8-7-10-5-3-4-6-11(10)14;/h3-6,9H,7-8,14H2,1-2H3,(H,15,16);1H. The third-order valence-electron chi connectivity index (χ3n) is 2.61. The summed E-state index contributed by atoms with van der Waals surface area (Å²) in [7, 11) is 1.29. The van der Waals surface area contributed by atoms with Crippen LogP contribution in [-0.2, 0) is 20.7 Å². The number of amides is 1. The number of esters is 1. The van der Waals surface area contributed by atoms with Gasteiger partial charge in [-0.15, -0.1) is 12.4 Å². The Morgan fingerprint density at radius 2 is 2.00 bits per heavy atom. The SMILES string of the molecule is COC(=O)C(C)NC(=O)CCc1ccccc1N.Cl. The molecule has 0 radical (unpaired) electrons. The van der Waals surface area contributed by atoms with Gasteiger partial charge in [-0.05, 0) is 25.0 Å². The van der Waals surface area contributed by atoms with Gasteiger partial charge in [0.1, 0.15) is 6.04 Å².